The molecule has 7 heteroatoms. The monoisotopic (exact) mass is 484 g/mol. The molecule has 2 amide bonds. The highest BCUT2D eigenvalue weighted by Gasteiger charge is 2.27. The minimum Gasteiger partial charge on any atom is -0.489 e. The Hall–Kier alpha value is -2.86. The molecule has 34 heavy (non-hydrogen) atoms. The zero-order valence-corrected chi connectivity index (χ0v) is 20.2. The van der Waals surface area contributed by atoms with E-state index in [2.05, 4.69) is 5.32 Å². The predicted molar refractivity (Wildman–Crippen MR) is 131 cm³/mol. The smallest absolute Gasteiger partial charge is 0.252 e. The molecule has 2 aromatic carbocycles. The van der Waals surface area contributed by atoms with Gasteiger partial charge in [-0.05, 0) is 63.0 Å². The van der Waals surface area contributed by atoms with Crippen molar-refractivity contribution < 1.29 is 18.7 Å². The van der Waals surface area contributed by atoms with Gasteiger partial charge in [-0.2, -0.15) is 0 Å². The lowest BCUT2D eigenvalue weighted by Crippen LogP contribution is -2.31. The minimum absolute atomic E-state index is 0.00455. The lowest BCUT2D eigenvalue weighted by Gasteiger charge is -2.24. The van der Waals surface area contributed by atoms with E-state index in [1.165, 1.54) is 6.07 Å². The third-order valence-electron chi connectivity index (χ3n) is 6.47. The maximum atomic E-state index is 14.7. The summed E-state index contributed by atoms with van der Waals surface area (Å²) in [6.45, 7) is 0.450. The molecule has 0 bridgehead atoms. The molecule has 1 saturated carbocycles. The first-order valence-electron chi connectivity index (χ1n) is 11.9. The number of carbonyl (C=O) groups is 2. The molecule has 0 aliphatic heterocycles. The van der Waals surface area contributed by atoms with Gasteiger partial charge in [0.2, 0.25) is 5.91 Å². The molecule has 1 N–H and O–H groups in total. The van der Waals surface area contributed by atoms with E-state index in [1.807, 2.05) is 30.3 Å². The lowest BCUT2D eigenvalue weighted by molar-refractivity contribution is -0.127. The van der Waals surface area contributed by atoms with E-state index in [0.29, 0.717) is 36.3 Å². The fourth-order valence-electron chi connectivity index (χ4n) is 4.65. The van der Waals surface area contributed by atoms with E-state index < -0.39 is 11.7 Å². The van der Waals surface area contributed by atoms with Crippen LogP contribution in [0.2, 0.25) is 5.02 Å². The molecule has 1 fully saturated rings. The summed E-state index contributed by atoms with van der Waals surface area (Å²) in [6, 6.07) is 12.3. The van der Waals surface area contributed by atoms with Crippen LogP contribution >= 0.6 is 11.6 Å². The van der Waals surface area contributed by atoms with Crippen molar-refractivity contribution in [2.24, 2.45) is 0 Å². The number of anilines is 1. The zero-order chi connectivity index (χ0) is 24.1. The van der Waals surface area contributed by atoms with Crippen molar-refractivity contribution in [1.82, 2.24) is 4.90 Å². The van der Waals surface area contributed by atoms with E-state index in [9.17, 15) is 14.0 Å². The van der Waals surface area contributed by atoms with Gasteiger partial charge in [0.25, 0.3) is 5.91 Å². The molecule has 2 aliphatic carbocycles. The highest BCUT2D eigenvalue weighted by molar-refractivity contribution is 6.32. The Balaban J connectivity index is 1.52. The second kappa shape index (κ2) is 11.0. The third-order valence-corrected chi connectivity index (χ3v) is 6.77. The van der Waals surface area contributed by atoms with Gasteiger partial charge in [0.1, 0.15) is 11.6 Å². The number of halogens is 2. The predicted octanol–water partition coefficient (Wildman–Crippen LogP) is 6.27. The second-order valence-electron chi connectivity index (χ2n) is 9.05. The molecular weight excluding hydrogens is 455 g/mol. The van der Waals surface area contributed by atoms with Crippen LogP contribution in [0.1, 0.15) is 56.9 Å². The normalized spacial score (nSPS) is 16.4. The molecule has 2 aromatic rings. The Morgan fingerprint density at radius 3 is 2.44 bits per heavy atom. The fourth-order valence-corrected chi connectivity index (χ4v) is 4.85. The van der Waals surface area contributed by atoms with Gasteiger partial charge in [-0.1, -0.05) is 41.9 Å². The number of nitrogens with one attached hydrogen (secondary N) is 1. The topological polar surface area (TPSA) is 58.6 Å². The number of hydrogen-bond donors (Lipinski definition) is 1. The third kappa shape index (κ3) is 5.79. The van der Waals surface area contributed by atoms with Crippen molar-refractivity contribution in [3.05, 3.63) is 70.0 Å². The summed E-state index contributed by atoms with van der Waals surface area (Å²) in [4.78, 5) is 28.0. The first kappa shape index (κ1) is 24.3. The Morgan fingerprint density at radius 1 is 1.06 bits per heavy atom. The van der Waals surface area contributed by atoms with Gasteiger partial charge in [0, 0.05) is 30.8 Å². The van der Waals surface area contributed by atoms with Crippen LogP contribution in [0.15, 0.2) is 53.6 Å². The standard InChI is InChI=1S/C27H30ClFN2O3/c1-31(17-18-9-3-2-4-10-18)27(33)21-14-8-7-13-20(21)26(32)30-24-16-25(22(28)15-23(24)29)34-19-11-5-6-12-19/h2-4,9-10,15-16,19H,5-8,11-14,17H2,1H3,(H,30,32). The van der Waals surface area contributed by atoms with Crippen LogP contribution in [0.3, 0.4) is 0 Å². The van der Waals surface area contributed by atoms with Crippen molar-refractivity contribution in [2.75, 3.05) is 12.4 Å². The van der Waals surface area contributed by atoms with Crippen molar-refractivity contribution in [3.8, 4) is 5.75 Å². The Labute approximate surface area is 204 Å². The average molecular weight is 485 g/mol. The summed E-state index contributed by atoms with van der Waals surface area (Å²) in [7, 11) is 1.73. The summed E-state index contributed by atoms with van der Waals surface area (Å²) >= 11 is 6.19. The molecule has 0 heterocycles. The highest BCUT2D eigenvalue weighted by Crippen LogP contribution is 2.35. The zero-order valence-electron chi connectivity index (χ0n) is 19.4. The fraction of sp³-hybridized carbons (Fsp3) is 0.407. The van der Waals surface area contributed by atoms with Crippen LogP contribution in [0, 0.1) is 5.82 Å². The molecule has 2 aliphatic rings. The van der Waals surface area contributed by atoms with Crippen LogP contribution < -0.4 is 10.1 Å². The summed E-state index contributed by atoms with van der Waals surface area (Å²) < 4.78 is 20.6. The van der Waals surface area contributed by atoms with E-state index in [4.69, 9.17) is 16.3 Å². The van der Waals surface area contributed by atoms with Gasteiger partial charge < -0.3 is 15.0 Å². The van der Waals surface area contributed by atoms with Gasteiger partial charge in [-0.25, -0.2) is 4.39 Å². The minimum atomic E-state index is -0.636. The number of rotatable bonds is 7. The summed E-state index contributed by atoms with van der Waals surface area (Å²) in [6.07, 6.45) is 6.76. The van der Waals surface area contributed by atoms with Gasteiger partial charge in [0.15, 0.2) is 0 Å². The van der Waals surface area contributed by atoms with Crippen LogP contribution in [0.5, 0.6) is 5.75 Å². The SMILES string of the molecule is CN(Cc1ccccc1)C(=O)C1=C(C(=O)Nc2cc(OC3CCCC3)c(Cl)cc2F)CCCC1. The molecule has 0 aromatic heterocycles. The molecule has 0 spiro atoms. The molecular formula is C27H30ClFN2O3. The van der Waals surface area contributed by atoms with E-state index in [0.717, 1.165) is 50.2 Å². The van der Waals surface area contributed by atoms with E-state index >= 15 is 0 Å². The summed E-state index contributed by atoms with van der Waals surface area (Å²) in [5, 5.41) is 2.84. The summed E-state index contributed by atoms with van der Waals surface area (Å²) in [5.41, 5.74) is 1.94. The molecule has 180 valence electrons. The molecule has 0 atom stereocenters. The number of ether oxygens (including phenoxy) is 1. The van der Waals surface area contributed by atoms with Crippen LogP contribution in [0.4, 0.5) is 10.1 Å². The van der Waals surface area contributed by atoms with Crippen LogP contribution in [-0.4, -0.2) is 29.9 Å². The number of hydrogen-bond acceptors (Lipinski definition) is 3. The number of nitrogens with zero attached hydrogens (tertiary/aromatic N) is 1. The summed E-state index contributed by atoms with van der Waals surface area (Å²) in [5.74, 6) is -0.899. The Bertz CT molecular complexity index is 1080. The molecule has 4 rings (SSSR count). The lowest BCUT2D eigenvalue weighted by atomic mass is 9.90. The number of benzene rings is 2. The van der Waals surface area contributed by atoms with E-state index in [-0.39, 0.29) is 22.7 Å². The van der Waals surface area contributed by atoms with Crippen molar-refractivity contribution in [2.45, 2.75) is 64.0 Å². The number of likely N-dealkylation sites (N-methyl/N-ethyl adjacent to an activating group) is 1. The highest BCUT2D eigenvalue weighted by atomic mass is 35.5. The maximum absolute atomic E-state index is 14.7. The van der Waals surface area contributed by atoms with Crippen LogP contribution in [0.25, 0.3) is 0 Å². The molecule has 5 nitrogen and oxygen atoms in total. The van der Waals surface area contributed by atoms with Crippen molar-refractivity contribution in [3.63, 3.8) is 0 Å². The van der Waals surface area contributed by atoms with Gasteiger partial charge in [-0.3, -0.25) is 9.59 Å². The van der Waals surface area contributed by atoms with E-state index in [1.54, 1.807) is 11.9 Å². The first-order chi connectivity index (χ1) is 16.4. The average Bonchev–Trinajstić information content (AvgIpc) is 3.35. The van der Waals surface area contributed by atoms with Gasteiger partial charge in [0.05, 0.1) is 16.8 Å². The molecule has 0 unspecified atom stereocenters. The maximum Gasteiger partial charge on any atom is 0.252 e. The largest absolute Gasteiger partial charge is 0.489 e. The number of carbonyl (C=O) groups excluding carboxylic acids is 2. The Kier molecular flexibility index (Phi) is 7.88. The second-order valence-corrected chi connectivity index (χ2v) is 9.46. The number of amides is 2. The first-order valence-corrected chi connectivity index (χ1v) is 12.3. The van der Waals surface area contributed by atoms with Gasteiger partial charge in [-0.15, -0.1) is 0 Å². The molecule has 0 saturated heterocycles. The Morgan fingerprint density at radius 2 is 1.74 bits per heavy atom. The van der Waals surface area contributed by atoms with Crippen molar-refractivity contribution >= 4 is 29.1 Å². The molecule has 0 radical (unpaired) electrons. The van der Waals surface area contributed by atoms with Crippen LogP contribution in [-0.2, 0) is 16.1 Å². The quantitative estimate of drug-likeness (QED) is 0.504. The van der Waals surface area contributed by atoms with Crippen molar-refractivity contribution in [1.29, 1.82) is 0 Å². The van der Waals surface area contributed by atoms with Gasteiger partial charge >= 0.3 is 0 Å².